The highest BCUT2D eigenvalue weighted by molar-refractivity contribution is 7.99. The summed E-state index contributed by atoms with van der Waals surface area (Å²) in [4.78, 5) is 10.5. The molecule has 0 saturated carbocycles. The van der Waals surface area contributed by atoms with Gasteiger partial charge in [-0.05, 0) is 63.0 Å². The summed E-state index contributed by atoms with van der Waals surface area (Å²) in [7, 11) is 0. The Morgan fingerprint density at radius 2 is 1.96 bits per heavy atom. The molecule has 4 rings (SSSR count). The quantitative estimate of drug-likeness (QED) is 0.838. The van der Waals surface area contributed by atoms with E-state index in [1.54, 1.807) is 11.8 Å². The van der Waals surface area contributed by atoms with Crippen LogP contribution < -0.4 is 15.4 Å². The summed E-state index contributed by atoms with van der Waals surface area (Å²) in [6.07, 6.45) is 3.07. The van der Waals surface area contributed by atoms with Gasteiger partial charge in [-0.1, -0.05) is 0 Å². The number of nitrogens with zero attached hydrogens (tertiary/aromatic N) is 3. The molecule has 2 aromatic rings. The summed E-state index contributed by atoms with van der Waals surface area (Å²) in [5.74, 6) is 3.05. The van der Waals surface area contributed by atoms with E-state index >= 15 is 0 Å². The van der Waals surface area contributed by atoms with Gasteiger partial charge >= 0.3 is 0 Å². The second-order valence-electron chi connectivity index (χ2n) is 7.05. The van der Waals surface area contributed by atoms with E-state index in [2.05, 4.69) is 16.7 Å². The van der Waals surface area contributed by atoms with Crippen molar-refractivity contribution < 1.29 is 4.74 Å². The van der Waals surface area contributed by atoms with Crippen molar-refractivity contribution in [3.05, 3.63) is 34.5 Å². The molecule has 140 valence electrons. The molecule has 2 aliphatic heterocycles. The van der Waals surface area contributed by atoms with Crippen molar-refractivity contribution in [2.45, 2.75) is 44.0 Å². The fourth-order valence-electron chi connectivity index (χ4n) is 3.59. The number of aryl methyl sites for hydroxylation is 3. The zero-order valence-electron chi connectivity index (χ0n) is 15.6. The summed E-state index contributed by atoms with van der Waals surface area (Å²) in [6, 6.07) is 6.29. The van der Waals surface area contributed by atoms with Crippen molar-refractivity contribution in [1.29, 1.82) is 5.26 Å². The number of hydrogen-bond acceptors (Lipinski definition) is 7. The van der Waals surface area contributed by atoms with Gasteiger partial charge < -0.3 is 15.4 Å². The summed E-state index contributed by atoms with van der Waals surface area (Å²) in [5, 5.41) is 16.0. The zero-order valence-corrected chi connectivity index (χ0v) is 16.4. The number of piperidine rings is 1. The summed E-state index contributed by atoms with van der Waals surface area (Å²) in [6.45, 7) is 5.97. The van der Waals surface area contributed by atoms with E-state index in [1.807, 2.05) is 26.0 Å². The number of benzene rings is 1. The Morgan fingerprint density at radius 1 is 1.22 bits per heavy atom. The molecule has 0 amide bonds. The van der Waals surface area contributed by atoms with Gasteiger partial charge in [0, 0.05) is 18.2 Å². The molecule has 1 aromatic carbocycles. The van der Waals surface area contributed by atoms with Crippen LogP contribution in [0.3, 0.4) is 0 Å². The standard InChI is InChI=1S/C20H23N5OS/c1-12-9-14(11-21)10-13(2)17(12)26-19-18-16(5-8-27-18)24-20(25-19)23-15-3-6-22-7-4-15/h9-10,15,22H,3-8H2,1-2H3,(H,23,24,25). The van der Waals surface area contributed by atoms with Crippen LogP contribution in [0, 0.1) is 25.2 Å². The first-order chi connectivity index (χ1) is 13.1. The Kier molecular flexibility index (Phi) is 5.19. The molecular formula is C20H23N5OS. The van der Waals surface area contributed by atoms with Gasteiger partial charge in [-0.15, -0.1) is 11.8 Å². The monoisotopic (exact) mass is 381 g/mol. The van der Waals surface area contributed by atoms with E-state index in [-0.39, 0.29) is 0 Å². The highest BCUT2D eigenvalue weighted by Crippen LogP contribution is 2.40. The van der Waals surface area contributed by atoms with Crippen LogP contribution in [-0.4, -0.2) is 34.9 Å². The molecule has 1 aromatic heterocycles. The number of thioether (sulfide) groups is 1. The predicted octanol–water partition coefficient (Wildman–Crippen LogP) is 3.57. The Bertz CT molecular complexity index is 879. The van der Waals surface area contributed by atoms with E-state index < -0.39 is 0 Å². The number of ether oxygens (including phenoxy) is 1. The molecule has 0 spiro atoms. The third-order valence-electron chi connectivity index (χ3n) is 4.95. The average Bonchev–Trinajstić information content (AvgIpc) is 3.14. The Labute approximate surface area is 163 Å². The van der Waals surface area contributed by atoms with Crippen molar-refractivity contribution >= 4 is 17.7 Å². The smallest absolute Gasteiger partial charge is 0.238 e. The maximum atomic E-state index is 9.16. The van der Waals surface area contributed by atoms with Gasteiger partial charge in [0.25, 0.3) is 0 Å². The van der Waals surface area contributed by atoms with Crippen molar-refractivity contribution in [3.63, 3.8) is 0 Å². The van der Waals surface area contributed by atoms with Crippen LogP contribution >= 0.6 is 11.8 Å². The first-order valence-corrected chi connectivity index (χ1v) is 10.3. The van der Waals surface area contributed by atoms with Gasteiger partial charge in [0.1, 0.15) is 5.75 Å². The predicted molar refractivity (Wildman–Crippen MR) is 107 cm³/mol. The number of nitriles is 1. The van der Waals surface area contributed by atoms with Crippen molar-refractivity contribution in [3.8, 4) is 17.7 Å². The number of fused-ring (bicyclic) bond motifs is 1. The summed E-state index contributed by atoms with van der Waals surface area (Å²) < 4.78 is 6.28. The Hall–Kier alpha value is -2.30. The Morgan fingerprint density at radius 3 is 2.67 bits per heavy atom. The summed E-state index contributed by atoms with van der Waals surface area (Å²) >= 11 is 1.75. The first-order valence-electron chi connectivity index (χ1n) is 9.34. The second kappa shape index (κ2) is 7.75. The molecule has 2 N–H and O–H groups in total. The van der Waals surface area contributed by atoms with Crippen LogP contribution in [0.2, 0.25) is 0 Å². The van der Waals surface area contributed by atoms with Gasteiger partial charge in [-0.25, -0.2) is 4.98 Å². The first kappa shape index (κ1) is 18.1. The molecule has 27 heavy (non-hydrogen) atoms. The fourth-order valence-corrected chi connectivity index (χ4v) is 4.62. The van der Waals surface area contributed by atoms with Gasteiger partial charge in [0.05, 0.1) is 22.2 Å². The number of anilines is 1. The van der Waals surface area contributed by atoms with Crippen molar-refractivity contribution in [2.75, 3.05) is 24.2 Å². The highest BCUT2D eigenvalue weighted by Gasteiger charge is 2.24. The third-order valence-corrected chi connectivity index (χ3v) is 6.06. The number of hydrogen-bond donors (Lipinski definition) is 2. The molecule has 6 nitrogen and oxygen atoms in total. The molecule has 0 bridgehead atoms. The number of rotatable bonds is 4. The molecule has 3 heterocycles. The largest absolute Gasteiger partial charge is 0.437 e. The van der Waals surface area contributed by atoms with Gasteiger partial charge in [0.15, 0.2) is 0 Å². The minimum atomic E-state index is 0.393. The minimum absolute atomic E-state index is 0.393. The van der Waals surface area contributed by atoms with Crippen LogP contribution in [0.1, 0.15) is 35.2 Å². The van der Waals surface area contributed by atoms with E-state index in [0.29, 0.717) is 23.4 Å². The molecule has 2 aliphatic rings. The lowest BCUT2D eigenvalue weighted by molar-refractivity contribution is 0.439. The van der Waals surface area contributed by atoms with E-state index in [0.717, 1.165) is 65.6 Å². The van der Waals surface area contributed by atoms with Crippen LogP contribution in [0.5, 0.6) is 11.6 Å². The van der Waals surface area contributed by atoms with E-state index in [1.165, 1.54) is 0 Å². The number of nitrogens with one attached hydrogen (secondary N) is 2. The lowest BCUT2D eigenvalue weighted by Crippen LogP contribution is -2.35. The third kappa shape index (κ3) is 3.87. The van der Waals surface area contributed by atoms with Crippen LogP contribution in [-0.2, 0) is 6.42 Å². The molecule has 1 fully saturated rings. The molecule has 0 unspecified atom stereocenters. The molecular weight excluding hydrogens is 358 g/mol. The zero-order chi connectivity index (χ0) is 18.8. The Balaban J connectivity index is 1.65. The fraction of sp³-hybridized carbons (Fsp3) is 0.450. The van der Waals surface area contributed by atoms with Crippen LogP contribution in [0.25, 0.3) is 0 Å². The highest BCUT2D eigenvalue weighted by atomic mass is 32.2. The summed E-state index contributed by atoms with van der Waals surface area (Å²) in [5.41, 5.74) is 3.59. The molecule has 0 atom stereocenters. The van der Waals surface area contributed by atoms with Gasteiger partial charge in [-0.2, -0.15) is 10.2 Å². The van der Waals surface area contributed by atoms with E-state index in [9.17, 15) is 0 Å². The maximum absolute atomic E-state index is 9.16. The SMILES string of the molecule is Cc1cc(C#N)cc(C)c1Oc1nc(NC2CCNCC2)nc2c1SCC2. The van der Waals surface area contributed by atoms with Crippen molar-refractivity contribution in [1.82, 2.24) is 15.3 Å². The lowest BCUT2D eigenvalue weighted by Gasteiger charge is -2.24. The minimum Gasteiger partial charge on any atom is -0.437 e. The molecule has 0 radical (unpaired) electrons. The van der Waals surface area contributed by atoms with Gasteiger partial charge in [0.2, 0.25) is 11.8 Å². The molecule has 1 saturated heterocycles. The van der Waals surface area contributed by atoms with Crippen LogP contribution in [0.15, 0.2) is 17.0 Å². The maximum Gasteiger partial charge on any atom is 0.238 e. The lowest BCUT2D eigenvalue weighted by atomic mass is 10.1. The second-order valence-corrected chi connectivity index (χ2v) is 8.15. The average molecular weight is 382 g/mol. The van der Waals surface area contributed by atoms with Gasteiger partial charge in [-0.3, -0.25) is 0 Å². The van der Waals surface area contributed by atoms with Crippen LogP contribution in [0.4, 0.5) is 5.95 Å². The number of aromatic nitrogens is 2. The molecule has 7 heteroatoms. The normalized spacial score (nSPS) is 16.6. The topological polar surface area (TPSA) is 82.9 Å². The molecule has 0 aliphatic carbocycles. The van der Waals surface area contributed by atoms with E-state index in [4.69, 9.17) is 20.0 Å². The van der Waals surface area contributed by atoms with Crippen molar-refractivity contribution in [2.24, 2.45) is 0 Å².